The molecule has 1 rings (SSSR count). The predicted octanol–water partition coefficient (Wildman–Crippen LogP) is 0.615. The predicted molar refractivity (Wildman–Crippen MR) is 38.7 cm³/mol. The lowest BCUT2D eigenvalue weighted by atomic mass is 9.96. The van der Waals surface area contributed by atoms with Crippen molar-refractivity contribution in [3.63, 3.8) is 0 Å². The van der Waals surface area contributed by atoms with Gasteiger partial charge in [-0.15, -0.1) is 0 Å². The molecule has 0 aromatic heterocycles. The maximum absolute atomic E-state index is 12.3. The van der Waals surface area contributed by atoms with E-state index in [0.717, 1.165) is 6.92 Å². The first-order chi connectivity index (χ1) is 5.35. The summed E-state index contributed by atoms with van der Waals surface area (Å²) in [6, 6.07) is 0. The van der Waals surface area contributed by atoms with Crippen LogP contribution in [-0.2, 0) is 0 Å². The Balaban J connectivity index is 2.81. The van der Waals surface area contributed by atoms with Gasteiger partial charge in [-0.1, -0.05) is 0 Å². The number of halogens is 3. The third-order valence-corrected chi connectivity index (χ3v) is 1.92. The van der Waals surface area contributed by atoms with E-state index in [1.54, 1.807) is 0 Å². The van der Waals surface area contributed by atoms with E-state index >= 15 is 0 Å². The van der Waals surface area contributed by atoms with Gasteiger partial charge in [0.15, 0.2) is 5.96 Å². The van der Waals surface area contributed by atoms with Crippen molar-refractivity contribution >= 4 is 5.96 Å². The van der Waals surface area contributed by atoms with Gasteiger partial charge in [0.05, 0.1) is 0 Å². The average molecular weight is 181 g/mol. The Morgan fingerprint density at radius 3 is 2.50 bits per heavy atom. The molecule has 0 aromatic carbocycles. The van der Waals surface area contributed by atoms with E-state index in [-0.39, 0.29) is 18.9 Å². The van der Waals surface area contributed by atoms with E-state index in [0.29, 0.717) is 0 Å². The molecule has 1 heterocycles. The van der Waals surface area contributed by atoms with Crippen LogP contribution in [0.1, 0.15) is 13.3 Å². The first kappa shape index (κ1) is 9.15. The molecule has 70 valence electrons. The van der Waals surface area contributed by atoms with Crippen LogP contribution in [0.3, 0.4) is 0 Å². The van der Waals surface area contributed by atoms with Crippen LogP contribution in [0.4, 0.5) is 13.2 Å². The van der Waals surface area contributed by atoms with Crippen molar-refractivity contribution in [3.05, 3.63) is 0 Å². The quantitative estimate of drug-likeness (QED) is 0.575. The van der Waals surface area contributed by atoms with Crippen LogP contribution >= 0.6 is 0 Å². The first-order valence-corrected chi connectivity index (χ1v) is 3.50. The Morgan fingerprint density at radius 1 is 1.58 bits per heavy atom. The molecule has 0 aromatic rings. The minimum absolute atomic E-state index is 0.0722. The normalized spacial score (nSPS) is 30.8. The van der Waals surface area contributed by atoms with E-state index in [1.807, 2.05) is 0 Å². The summed E-state index contributed by atoms with van der Waals surface area (Å²) in [7, 11) is 0. The summed E-state index contributed by atoms with van der Waals surface area (Å²) in [5.41, 5.74) is 3.23. The zero-order chi connectivity index (χ0) is 9.41. The van der Waals surface area contributed by atoms with Crippen LogP contribution in [0.25, 0.3) is 0 Å². The number of hydrogen-bond acceptors (Lipinski definition) is 3. The second-order valence-electron chi connectivity index (χ2n) is 2.97. The highest BCUT2D eigenvalue weighted by atomic mass is 19.4. The maximum atomic E-state index is 12.3. The molecule has 0 spiro atoms. The SMILES string of the molecule is C[C@@]1(C(F)(F)F)CCN=C(N)N1. The highest BCUT2D eigenvalue weighted by Gasteiger charge is 2.52. The molecule has 1 aliphatic rings. The lowest BCUT2D eigenvalue weighted by molar-refractivity contribution is -0.189. The molecule has 1 atom stereocenters. The van der Waals surface area contributed by atoms with Gasteiger partial charge >= 0.3 is 6.18 Å². The smallest absolute Gasteiger partial charge is 0.370 e. The van der Waals surface area contributed by atoms with Crippen molar-refractivity contribution in [2.75, 3.05) is 6.54 Å². The van der Waals surface area contributed by atoms with Gasteiger partial charge in [-0.2, -0.15) is 13.2 Å². The number of alkyl halides is 3. The van der Waals surface area contributed by atoms with Crippen molar-refractivity contribution in [1.82, 2.24) is 5.32 Å². The summed E-state index contributed by atoms with van der Waals surface area (Å²) in [5.74, 6) is -0.138. The van der Waals surface area contributed by atoms with Crippen LogP contribution in [0.15, 0.2) is 4.99 Å². The Bertz CT molecular complexity index is 211. The van der Waals surface area contributed by atoms with Gasteiger partial charge in [-0.05, 0) is 13.3 Å². The molecule has 0 amide bonds. The van der Waals surface area contributed by atoms with Crippen molar-refractivity contribution < 1.29 is 13.2 Å². The molecule has 0 bridgehead atoms. The number of guanidine groups is 1. The van der Waals surface area contributed by atoms with Crippen LogP contribution < -0.4 is 11.1 Å². The van der Waals surface area contributed by atoms with Gasteiger partial charge in [0.1, 0.15) is 5.54 Å². The molecular weight excluding hydrogens is 171 g/mol. The zero-order valence-corrected chi connectivity index (χ0v) is 6.57. The molecule has 6 heteroatoms. The second kappa shape index (κ2) is 2.53. The fourth-order valence-electron chi connectivity index (χ4n) is 0.997. The van der Waals surface area contributed by atoms with Gasteiger partial charge in [0.25, 0.3) is 0 Å². The lowest BCUT2D eigenvalue weighted by Crippen LogP contribution is -2.60. The standard InChI is InChI=1S/C6H10F3N3/c1-5(6(7,8)9)2-3-11-4(10)12-5/h2-3H2,1H3,(H3,10,11,12)/t5-/m0/s1. The third-order valence-electron chi connectivity index (χ3n) is 1.92. The Morgan fingerprint density at radius 2 is 2.17 bits per heavy atom. The highest BCUT2D eigenvalue weighted by molar-refractivity contribution is 5.79. The molecule has 0 unspecified atom stereocenters. The van der Waals surface area contributed by atoms with Crippen LogP contribution in [-0.4, -0.2) is 24.2 Å². The molecule has 0 radical (unpaired) electrons. The monoisotopic (exact) mass is 181 g/mol. The van der Waals surface area contributed by atoms with E-state index in [4.69, 9.17) is 5.73 Å². The first-order valence-electron chi connectivity index (χ1n) is 3.50. The molecule has 1 aliphatic heterocycles. The van der Waals surface area contributed by atoms with Crippen LogP contribution in [0.5, 0.6) is 0 Å². The number of aliphatic imine (C=N–C) groups is 1. The van der Waals surface area contributed by atoms with Crippen molar-refractivity contribution in [3.8, 4) is 0 Å². The van der Waals surface area contributed by atoms with E-state index < -0.39 is 11.7 Å². The minimum Gasteiger partial charge on any atom is -0.370 e. The van der Waals surface area contributed by atoms with Crippen molar-refractivity contribution in [1.29, 1.82) is 0 Å². The molecular formula is C6H10F3N3. The molecule has 0 aliphatic carbocycles. The lowest BCUT2D eigenvalue weighted by Gasteiger charge is -2.35. The van der Waals surface area contributed by atoms with E-state index in [9.17, 15) is 13.2 Å². The topological polar surface area (TPSA) is 50.4 Å². The van der Waals surface area contributed by atoms with Gasteiger partial charge < -0.3 is 11.1 Å². The van der Waals surface area contributed by atoms with Crippen molar-refractivity contribution in [2.24, 2.45) is 10.7 Å². The molecule has 3 nitrogen and oxygen atoms in total. The summed E-state index contributed by atoms with van der Waals surface area (Å²) in [6.07, 6.45) is -4.36. The summed E-state index contributed by atoms with van der Waals surface area (Å²) in [6.45, 7) is 1.20. The van der Waals surface area contributed by atoms with Crippen LogP contribution in [0.2, 0.25) is 0 Å². The number of nitrogens with zero attached hydrogens (tertiary/aromatic N) is 1. The molecule has 0 saturated heterocycles. The van der Waals surface area contributed by atoms with Crippen LogP contribution in [0, 0.1) is 0 Å². The highest BCUT2D eigenvalue weighted by Crippen LogP contribution is 2.33. The Hall–Kier alpha value is -0.940. The zero-order valence-electron chi connectivity index (χ0n) is 6.57. The second-order valence-corrected chi connectivity index (χ2v) is 2.97. The minimum atomic E-state index is -4.28. The largest absolute Gasteiger partial charge is 0.411 e. The fourth-order valence-corrected chi connectivity index (χ4v) is 0.997. The third kappa shape index (κ3) is 1.46. The Labute approximate surface area is 67.8 Å². The van der Waals surface area contributed by atoms with Gasteiger partial charge in [0.2, 0.25) is 0 Å². The average Bonchev–Trinajstić information content (AvgIpc) is 1.83. The van der Waals surface area contributed by atoms with Gasteiger partial charge in [0, 0.05) is 6.54 Å². The van der Waals surface area contributed by atoms with Gasteiger partial charge in [-0.3, -0.25) is 4.99 Å². The Kier molecular flexibility index (Phi) is 1.93. The summed E-state index contributed by atoms with van der Waals surface area (Å²) < 4.78 is 37.0. The van der Waals surface area contributed by atoms with E-state index in [2.05, 4.69) is 10.3 Å². The summed E-state index contributed by atoms with van der Waals surface area (Å²) >= 11 is 0. The fraction of sp³-hybridized carbons (Fsp3) is 0.833. The number of rotatable bonds is 0. The molecule has 0 saturated carbocycles. The summed E-state index contributed by atoms with van der Waals surface area (Å²) in [5, 5.41) is 2.14. The van der Waals surface area contributed by atoms with Crippen molar-refractivity contribution in [2.45, 2.75) is 25.1 Å². The number of nitrogens with two attached hydrogens (primary N) is 1. The number of nitrogens with one attached hydrogen (secondary N) is 1. The molecule has 0 fully saturated rings. The van der Waals surface area contributed by atoms with Gasteiger partial charge in [-0.25, -0.2) is 0 Å². The summed E-state index contributed by atoms with van der Waals surface area (Å²) in [4.78, 5) is 3.62. The molecule has 3 N–H and O–H groups in total. The number of hydrogen-bond donors (Lipinski definition) is 2. The van der Waals surface area contributed by atoms with E-state index in [1.165, 1.54) is 0 Å². The molecule has 12 heavy (non-hydrogen) atoms. The maximum Gasteiger partial charge on any atom is 0.411 e.